The van der Waals surface area contributed by atoms with Crippen LogP contribution >= 0.6 is 15.9 Å². The molecule has 2 heterocycles. The van der Waals surface area contributed by atoms with Gasteiger partial charge in [-0.1, -0.05) is 13.3 Å². The molecule has 0 radical (unpaired) electrons. The second kappa shape index (κ2) is 7.05. The Labute approximate surface area is 131 Å². The van der Waals surface area contributed by atoms with Gasteiger partial charge in [0.05, 0.1) is 15.9 Å². The van der Waals surface area contributed by atoms with E-state index < -0.39 is 0 Å². The Kier molecular flexibility index (Phi) is 5.64. The lowest BCUT2D eigenvalue weighted by atomic mass is 10.1. The third-order valence-corrected chi connectivity index (χ3v) is 5.25. The Morgan fingerprint density at radius 2 is 2.15 bits per heavy atom. The molecule has 0 aliphatic carbocycles. The molecule has 5 heteroatoms. The summed E-state index contributed by atoms with van der Waals surface area (Å²) < 4.78 is 3.31. The molecule has 4 nitrogen and oxygen atoms in total. The predicted octanol–water partition coefficient (Wildman–Crippen LogP) is 2.94. The van der Waals surface area contributed by atoms with Crippen molar-refractivity contribution >= 4 is 15.9 Å². The van der Waals surface area contributed by atoms with Crippen LogP contribution in [-0.2, 0) is 13.1 Å². The molecule has 0 spiro atoms. The van der Waals surface area contributed by atoms with E-state index in [4.69, 9.17) is 0 Å². The van der Waals surface area contributed by atoms with Crippen LogP contribution in [0.2, 0.25) is 0 Å². The number of nitrogens with zero attached hydrogens (tertiary/aromatic N) is 3. The highest BCUT2D eigenvalue weighted by molar-refractivity contribution is 9.10. The van der Waals surface area contributed by atoms with Crippen molar-refractivity contribution in [2.24, 2.45) is 0 Å². The summed E-state index contributed by atoms with van der Waals surface area (Å²) in [7, 11) is 0. The summed E-state index contributed by atoms with van der Waals surface area (Å²) in [6, 6.07) is 1.21. The molecule has 1 aromatic rings. The summed E-state index contributed by atoms with van der Waals surface area (Å²) in [6.07, 6.45) is 2.51. The zero-order chi connectivity index (χ0) is 14.7. The lowest BCUT2D eigenvalue weighted by molar-refractivity contribution is 0.126. The van der Waals surface area contributed by atoms with E-state index in [0.29, 0.717) is 12.1 Å². The third-order valence-electron chi connectivity index (χ3n) is 4.22. The van der Waals surface area contributed by atoms with Crippen LogP contribution in [0, 0.1) is 6.92 Å². The standard InChI is InChI=1S/C15H27BrN4/c1-5-7-13-9-19(11(3)8-17-13)10-14-15(16)12(4)18-20(14)6-2/h11,13,17H,5-10H2,1-4H3. The minimum atomic E-state index is 0.579. The van der Waals surface area contributed by atoms with Gasteiger partial charge >= 0.3 is 0 Å². The summed E-state index contributed by atoms with van der Waals surface area (Å²) in [5.74, 6) is 0. The molecule has 0 aromatic carbocycles. The van der Waals surface area contributed by atoms with Crippen molar-refractivity contribution in [1.29, 1.82) is 0 Å². The lowest BCUT2D eigenvalue weighted by Gasteiger charge is -2.39. The number of aryl methyl sites for hydroxylation is 2. The zero-order valence-electron chi connectivity index (χ0n) is 13.1. The molecule has 20 heavy (non-hydrogen) atoms. The van der Waals surface area contributed by atoms with Gasteiger partial charge in [0, 0.05) is 38.3 Å². The van der Waals surface area contributed by atoms with Crippen LogP contribution in [0.3, 0.4) is 0 Å². The highest BCUT2D eigenvalue weighted by atomic mass is 79.9. The van der Waals surface area contributed by atoms with E-state index in [9.17, 15) is 0 Å². The lowest BCUT2D eigenvalue weighted by Crippen LogP contribution is -2.55. The first-order chi connectivity index (χ1) is 9.56. The van der Waals surface area contributed by atoms with Crippen LogP contribution in [0.15, 0.2) is 4.47 Å². The van der Waals surface area contributed by atoms with Gasteiger partial charge in [0.1, 0.15) is 0 Å². The molecule has 2 atom stereocenters. The van der Waals surface area contributed by atoms with Crippen LogP contribution in [0.5, 0.6) is 0 Å². The Balaban J connectivity index is 2.11. The number of hydrogen-bond acceptors (Lipinski definition) is 3. The fourth-order valence-corrected chi connectivity index (χ4v) is 3.38. The highest BCUT2D eigenvalue weighted by Crippen LogP contribution is 2.24. The Hall–Kier alpha value is -0.390. The Bertz CT molecular complexity index is 443. The van der Waals surface area contributed by atoms with Gasteiger partial charge in [0.2, 0.25) is 0 Å². The summed E-state index contributed by atoms with van der Waals surface area (Å²) in [6.45, 7) is 12.9. The molecule has 1 saturated heterocycles. The average molecular weight is 343 g/mol. The molecule has 1 fully saturated rings. The van der Waals surface area contributed by atoms with Crippen molar-refractivity contribution in [1.82, 2.24) is 20.0 Å². The molecule has 1 N–H and O–H groups in total. The minimum Gasteiger partial charge on any atom is -0.311 e. The van der Waals surface area contributed by atoms with Crippen LogP contribution in [0.25, 0.3) is 0 Å². The first-order valence-electron chi connectivity index (χ1n) is 7.76. The SMILES string of the molecule is CCCC1CN(Cc2c(Br)c(C)nn2CC)C(C)CN1. The van der Waals surface area contributed by atoms with Crippen molar-refractivity contribution in [2.45, 2.75) is 65.7 Å². The summed E-state index contributed by atoms with van der Waals surface area (Å²) in [5, 5.41) is 8.26. The first kappa shape index (κ1) is 16.0. The second-order valence-corrected chi connectivity index (χ2v) is 6.63. The molecule has 0 bridgehead atoms. The fraction of sp³-hybridized carbons (Fsp3) is 0.800. The fourth-order valence-electron chi connectivity index (χ4n) is 2.97. The molecular formula is C15H27BrN4. The van der Waals surface area contributed by atoms with Crippen molar-refractivity contribution in [3.05, 3.63) is 15.9 Å². The maximum atomic E-state index is 4.60. The topological polar surface area (TPSA) is 33.1 Å². The van der Waals surface area contributed by atoms with Crippen molar-refractivity contribution in [3.8, 4) is 0 Å². The monoisotopic (exact) mass is 342 g/mol. The molecule has 2 rings (SSSR count). The summed E-state index contributed by atoms with van der Waals surface area (Å²) in [5.41, 5.74) is 2.41. The molecule has 114 valence electrons. The van der Waals surface area contributed by atoms with Crippen molar-refractivity contribution < 1.29 is 0 Å². The molecule has 1 aromatic heterocycles. The number of nitrogens with one attached hydrogen (secondary N) is 1. The van der Waals surface area contributed by atoms with Gasteiger partial charge in [0.15, 0.2) is 0 Å². The summed E-state index contributed by atoms with van der Waals surface area (Å²) in [4.78, 5) is 2.59. The molecule has 1 aliphatic heterocycles. The smallest absolute Gasteiger partial charge is 0.0739 e. The molecule has 0 saturated carbocycles. The van der Waals surface area contributed by atoms with Crippen LogP contribution in [0.1, 0.15) is 45.0 Å². The van der Waals surface area contributed by atoms with E-state index in [1.807, 2.05) is 0 Å². The molecular weight excluding hydrogens is 316 g/mol. The van der Waals surface area contributed by atoms with Gasteiger partial charge in [-0.2, -0.15) is 5.10 Å². The second-order valence-electron chi connectivity index (χ2n) is 5.83. The molecule has 1 aliphatic rings. The molecule has 2 unspecified atom stereocenters. The van der Waals surface area contributed by atoms with Crippen molar-refractivity contribution in [3.63, 3.8) is 0 Å². The minimum absolute atomic E-state index is 0.579. The van der Waals surface area contributed by atoms with E-state index in [-0.39, 0.29) is 0 Å². The third kappa shape index (κ3) is 3.43. The Morgan fingerprint density at radius 1 is 1.40 bits per heavy atom. The maximum absolute atomic E-state index is 4.60. The quantitative estimate of drug-likeness (QED) is 0.892. The largest absolute Gasteiger partial charge is 0.311 e. The maximum Gasteiger partial charge on any atom is 0.0739 e. The highest BCUT2D eigenvalue weighted by Gasteiger charge is 2.26. The predicted molar refractivity (Wildman–Crippen MR) is 86.9 cm³/mol. The molecule has 0 amide bonds. The zero-order valence-corrected chi connectivity index (χ0v) is 14.7. The number of halogens is 1. The van der Waals surface area contributed by atoms with E-state index in [2.05, 4.69) is 63.6 Å². The van der Waals surface area contributed by atoms with E-state index in [0.717, 1.165) is 31.9 Å². The van der Waals surface area contributed by atoms with Gasteiger partial charge in [0.25, 0.3) is 0 Å². The first-order valence-corrected chi connectivity index (χ1v) is 8.55. The number of hydrogen-bond donors (Lipinski definition) is 1. The normalized spacial score (nSPS) is 24.2. The van der Waals surface area contributed by atoms with Gasteiger partial charge in [-0.25, -0.2) is 0 Å². The van der Waals surface area contributed by atoms with Crippen molar-refractivity contribution in [2.75, 3.05) is 13.1 Å². The summed E-state index contributed by atoms with van der Waals surface area (Å²) >= 11 is 3.71. The number of rotatable bonds is 5. The van der Waals surface area contributed by atoms with E-state index >= 15 is 0 Å². The van der Waals surface area contributed by atoms with Crippen LogP contribution in [-0.4, -0.2) is 39.9 Å². The van der Waals surface area contributed by atoms with Gasteiger partial charge in [-0.3, -0.25) is 9.58 Å². The van der Waals surface area contributed by atoms with Crippen LogP contribution < -0.4 is 5.32 Å². The van der Waals surface area contributed by atoms with Gasteiger partial charge in [-0.15, -0.1) is 0 Å². The van der Waals surface area contributed by atoms with Crippen LogP contribution in [0.4, 0.5) is 0 Å². The van der Waals surface area contributed by atoms with E-state index in [1.165, 1.54) is 23.0 Å². The average Bonchev–Trinajstić information content (AvgIpc) is 2.70. The van der Waals surface area contributed by atoms with Gasteiger partial charge < -0.3 is 5.32 Å². The Morgan fingerprint density at radius 3 is 2.80 bits per heavy atom. The number of piperazine rings is 1. The van der Waals surface area contributed by atoms with E-state index in [1.54, 1.807) is 0 Å². The number of aromatic nitrogens is 2. The van der Waals surface area contributed by atoms with Gasteiger partial charge in [-0.05, 0) is 43.1 Å².